The molecule has 0 aliphatic heterocycles. The average molecular weight is 263 g/mol. The van der Waals surface area contributed by atoms with Crippen LogP contribution in [0.25, 0.3) is 0 Å². The van der Waals surface area contributed by atoms with E-state index < -0.39 is 0 Å². The highest BCUT2D eigenvalue weighted by atomic mass is 16.5. The normalized spacial score (nSPS) is 11.8. The van der Waals surface area contributed by atoms with Crippen LogP contribution in [0.2, 0.25) is 0 Å². The Morgan fingerprint density at radius 1 is 1.37 bits per heavy atom. The molecule has 0 radical (unpaired) electrons. The quantitative estimate of drug-likeness (QED) is 0.743. The van der Waals surface area contributed by atoms with Crippen molar-refractivity contribution in [3.05, 3.63) is 29.8 Å². The molecule has 4 nitrogen and oxygen atoms in total. The maximum Gasteiger partial charge on any atom is 0.120 e. The van der Waals surface area contributed by atoms with E-state index in [4.69, 9.17) is 14.9 Å². The number of benzene rings is 1. The van der Waals surface area contributed by atoms with Gasteiger partial charge in [-0.25, -0.2) is 0 Å². The minimum atomic E-state index is -0.144. The summed E-state index contributed by atoms with van der Waals surface area (Å²) >= 11 is 0. The summed E-state index contributed by atoms with van der Waals surface area (Å²) in [6, 6.07) is 7.59. The summed E-state index contributed by atoms with van der Waals surface area (Å²) in [5.74, 6) is 6.20. The van der Waals surface area contributed by atoms with Gasteiger partial charge in [-0.15, -0.1) is 0 Å². The monoisotopic (exact) mass is 263 g/mol. The number of rotatable bonds is 6. The topological polar surface area (TPSA) is 52.9 Å². The fourth-order valence-electron chi connectivity index (χ4n) is 1.47. The Morgan fingerprint density at radius 3 is 2.84 bits per heavy atom. The lowest BCUT2D eigenvalue weighted by atomic mass is 10.2. The van der Waals surface area contributed by atoms with Gasteiger partial charge in [-0.2, -0.15) is 0 Å². The molecule has 1 aromatic carbocycles. The Balaban J connectivity index is 2.45. The van der Waals surface area contributed by atoms with Gasteiger partial charge in [0.1, 0.15) is 19.0 Å². The summed E-state index contributed by atoms with van der Waals surface area (Å²) in [7, 11) is 1.95. The van der Waals surface area contributed by atoms with Crippen molar-refractivity contribution in [3.63, 3.8) is 0 Å². The van der Waals surface area contributed by atoms with Crippen molar-refractivity contribution in [1.29, 1.82) is 0 Å². The van der Waals surface area contributed by atoms with Crippen LogP contribution in [0.4, 0.5) is 0 Å². The van der Waals surface area contributed by atoms with Crippen LogP contribution in [0.5, 0.6) is 5.75 Å². The van der Waals surface area contributed by atoms with Crippen LogP contribution in [0, 0.1) is 11.8 Å². The van der Waals surface area contributed by atoms with E-state index in [0.717, 1.165) is 17.9 Å². The van der Waals surface area contributed by atoms with Crippen LogP contribution < -0.4 is 4.74 Å². The molecule has 19 heavy (non-hydrogen) atoms. The third-order valence-corrected chi connectivity index (χ3v) is 2.88. The first-order valence-corrected chi connectivity index (χ1v) is 6.31. The van der Waals surface area contributed by atoms with E-state index in [0.29, 0.717) is 6.61 Å². The fraction of sp³-hybridized carbons (Fsp3) is 0.467. The van der Waals surface area contributed by atoms with Crippen LogP contribution in [0.3, 0.4) is 0 Å². The molecular weight excluding hydrogens is 242 g/mol. The van der Waals surface area contributed by atoms with Gasteiger partial charge in [0.2, 0.25) is 0 Å². The van der Waals surface area contributed by atoms with Gasteiger partial charge in [0.25, 0.3) is 0 Å². The van der Waals surface area contributed by atoms with E-state index in [1.807, 2.05) is 43.1 Å². The molecule has 0 aromatic heterocycles. The van der Waals surface area contributed by atoms with E-state index in [1.54, 1.807) is 0 Å². The number of likely N-dealkylation sites (N-methyl/N-ethyl adjacent to an activating group) is 1. The van der Waals surface area contributed by atoms with Gasteiger partial charge in [0.05, 0.1) is 6.61 Å². The molecule has 0 aliphatic rings. The van der Waals surface area contributed by atoms with E-state index in [2.05, 4.69) is 11.8 Å². The van der Waals surface area contributed by atoms with Gasteiger partial charge in [0.15, 0.2) is 0 Å². The SMILES string of the molecule is CC(CO)N(C)CCOc1cccc(C#CCO)c1. The Bertz CT molecular complexity index is 437. The molecule has 0 aliphatic carbocycles. The number of nitrogens with zero attached hydrogens (tertiary/aromatic N) is 1. The number of ether oxygens (including phenoxy) is 1. The van der Waals surface area contributed by atoms with Gasteiger partial charge < -0.3 is 14.9 Å². The van der Waals surface area contributed by atoms with Gasteiger partial charge >= 0.3 is 0 Å². The van der Waals surface area contributed by atoms with Crippen molar-refractivity contribution in [1.82, 2.24) is 4.90 Å². The third kappa shape index (κ3) is 5.75. The minimum Gasteiger partial charge on any atom is -0.492 e. The van der Waals surface area contributed by atoms with Crippen LogP contribution in [-0.4, -0.2) is 54.6 Å². The predicted octanol–water partition coefficient (Wildman–Crippen LogP) is 0.722. The number of hydrogen-bond acceptors (Lipinski definition) is 4. The summed E-state index contributed by atoms with van der Waals surface area (Å²) in [5.41, 5.74) is 0.823. The highest BCUT2D eigenvalue weighted by Gasteiger charge is 2.07. The second-order valence-electron chi connectivity index (χ2n) is 4.35. The molecule has 0 bridgehead atoms. The third-order valence-electron chi connectivity index (χ3n) is 2.88. The highest BCUT2D eigenvalue weighted by molar-refractivity contribution is 5.39. The Morgan fingerprint density at radius 2 is 2.16 bits per heavy atom. The summed E-state index contributed by atoms with van der Waals surface area (Å²) in [5, 5.41) is 17.7. The average Bonchev–Trinajstić information content (AvgIpc) is 2.44. The van der Waals surface area contributed by atoms with E-state index in [1.165, 1.54) is 0 Å². The molecule has 1 atom stereocenters. The Labute approximate surface area is 114 Å². The standard InChI is InChI=1S/C15H21NO3/c1-13(12-18)16(2)8-10-19-15-7-3-5-14(11-15)6-4-9-17/h3,5,7,11,13,17-18H,8-10,12H2,1-2H3. The smallest absolute Gasteiger partial charge is 0.120 e. The van der Waals surface area contributed by atoms with Crippen molar-refractivity contribution >= 4 is 0 Å². The number of aliphatic hydroxyl groups excluding tert-OH is 2. The summed E-state index contributed by atoms with van der Waals surface area (Å²) in [6.45, 7) is 3.26. The maximum atomic E-state index is 9.02. The molecule has 104 valence electrons. The van der Waals surface area contributed by atoms with Crippen LogP contribution in [0.15, 0.2) is 24.3 Å². The van der Waals surface area contributed by atoms with Gasteiger partial charge in [-0.1, -0.05) is 17.9 Å². The summed E-state index contributed by atoms with van der Waals surface area (Å²) < 4.78 is 5.64. The van der Waals surface area contributed by atoms with Crippen molar-refractivity contribution in [2.24, 2.45) is 0 Å². The first-order chi connectivity index (χ1) is 9.17. The molecule has 0 heterocycles. The van der Waals surface area contributed by atoms with E-state index >= 15 is 0 Å². The van der Waals surface area contributed by atoms with Crippen molar-refractivity contribution in [2.75, 3.05) is 33.4 Å². The van der Waals surface area contributed by atoms with Crippen LogP contribution in [0.1, 0.15) is 12.5 Å². The molecule has 0 fully saturated rings. The first-order valence-electron chi connectivity index (χ1n) is 6.31. The molecule has 0 saturated heterocycles. The minimum absolute atomic E-state index is 0.130. The second kappa shape index (κ2) is 8.54. The number of hydrogen-bond donors (Lipinski definition) is 2. The Hall–Kier alpha value is -1.54. The van der Waals surface area contributed by atoms with E-state index in [9.17, 15) is 0 Å². The first kappa shape index (κ1) is 15.5. The molecule has 0 amide bonds. The zero-order valence-corrected chi connectivity index (χ0v) is 11.5. The summed E-state index contributed by atoms with van der Waals surface area (Å²) in [6.07, 6.45) is 0. The largest absolute Gasteiger partial charge is 0.492 e. The molecule has 4 heteroatoms. The zero-order chi connectivity index (χ0) is 14.1. The van der Waals surface area contributed by atoms with Crippen LogP contribution in [-0.2, 0) is 0 Å². The molecule has 0 saturated carbocycles. The number of aliphatic hydroxyl groups is 2. The lowest BCUT2D eigenvalue weighted by Gasteiger charge is -2.22. The molecule has 1 unspecified atom stereocenters. The molecule has 1 rings (SSSR count). The second-order valence-corrected chi connectivity index (χ2v) is 4.35. The molecule has 1 aromatic rings. The van der Waals surface area contributed by atoms with Crippen molar-refractivity contribution < 1.29 is 14.9 Å². The lowest BCUT2D eigenvalue weighted by Crippen LogP contribution is -2.35. The Kier molecular flexibility index (Phi) is 6.98. The van der Waals surface area contributed by atoms with Gasteiger partial charge in [-0.3, -0.25) is 4.90 Å². The molecular formula is C15H21NO3. The van der Waals surface area contributed by atoms with Gasteiger partial charge in [-0.05, 0) is 32.2 Å². The van der Waals surface area contributed by atoms with Gasteiger partial charge in [0, 0.05) is 18.2 Å². The predicted molar refractivity (Wildman–Crippen MR) is 75.1 cm³/mol. The molecule has 2 N–H and O–H groups in total. The maximum absolute atomic E-state index is 9.02. The van der Waals surface area contributed by atoms with Crippen molar-refractivity contribution in [2.45, 2.75) is 13.0 Å². The van der Waals surface area contributed by atoms with Crippen LogP contribution >= 0.6 is 0 Å². The fourth-order valence-corrected chi connectivity index (χ4v) is 1.47. The summed E-state index contributed by atoms with van der Waals surface area (Å²) in [4.78, 5) is 2.04. The molecule has 0 spiro atoms. The zero-order valence-electron chi connectivity index (χ0n) is 11.5. The van der Waals surface area contributed by atoms with E-state index in [-0.39, 0.29) is 19.3 Å². The lowest BCUT2D eigenvalue weighted by molar-refractivity contribution is 0.140. The van der Waals surface area contributed by atoms with Crippen molar-refractivity contribution in [3.8, 4) is 17.6 Å². The highest BCUT2D eigenvalue weighted by Crippen LogP contribution is 2.12.